The Morgan fingerprint density at radius 3 is 2.94 bits per heavy atom. The molecule has 0 fully saturated rings. The van der Waals surface area contributed by atoms with E-state index >= 15 is 0 Å². The van der Waals surface area contributed by atoms with Crippen molar-refractivity contribution in [2.75, 3.05) is 18.1 Å². The summed E-state index contributed by atoms with van der Waals surface area (Å²) < 4.78 is 5.22. The van der Waals surface area contributed by atoms with Crippen molar-refractivity contribution in [3.63, 3.8) is 0 Å². The van der Waals surface area contributed by atoms with E-state index in [1.165, 1.54) is 0 Å². The van der Waals surface area contributed by atoms with Crippen molar-refractivity contribution in [2.45, 2.75) is 0 Å². The summed E-state index contributed by atoms with van der Waals surface area (Å²) in [4.78, 5) is 4.12. The van der Waals surface area contributed by atoms with Gasteiger partial charge in [-0.3, -0.25) is 0 Å². The van der Waals surface area contributed by atoms with Gasteiger partial charge in [-0.25, -0.2) is 4.98 Å². The van der Waals surface area contributed by atoms with Crippen molar-refractivity contribution in [3.8, 4) is 17.5 Å². The Kier molecular flexibility index (Phi) is 2.48. The van der Waals surface area contributed by atoms with Crippen molar-refractivity contribution < 1.29 is 4.42 Å². The number of nitrogens with zero attached hydrogens (tertiary/aromatic N) is 2. The number of nitriles is 1. The van der Waals surface area contributed by atoms with Gasteiger partial charge in [0, 0.05) is 7.05 Å². The fourth-order valence-electron chi connectivity index (χ4n) is 1.43. The Hall–Kier alpha value is -2.48. The van der Waals surface area contributed by atoms with Crippen LogP contribution >= 0.6 is 0 Å². The van der Waals surface area contributed by atoms with Gasteiger partial charge in [-0.2, -0.15) is 5.26 Å². The van der Waals surface area contributed by atoms with Crippen LogP contribution in [0.1, 0.15) is 5.56 Å². The predicted molar refractivity (Wildman–Crippen MR) is 60.6 cm³/mol. The van der Waals surface area contributed by atoms with Gasteiger partial charge in [0.25, 0.3) is 0 Å². The highest BCUT2D eigenvalue weighted by Gasteiger charge is 2.11. The number of nitrogens with two attached hydrogens (primary N) is 1. The van der Waals surface area contributed by atoms with E-state index in [2.05, 4.69) is 10.3 Å². The van der Waals surface area contributed by atoms with Gasteiger partial charge in [0.1, 0.15) is 23.1 Å². The average molecular weight is 214 g/mol. The van der Waals surface area contributed by atoms with Gasteiger partial charge in [-0.15, -0.1) is 0 Å². The predicted octanol–water partition coefficient (Wildman–Crippen LogP) is 1.84. The molecule has 0 radical (unpaired) electrons. The molecule has 80 valence electrons. The molecule has 0 aliphatic carbocycles. The minimum atomic E-state index is 0.195. The minimum absolute atomic E-state index is 0.195. The number of pyridine rings is 1. The van der Waals surface area contributed by atoms with Gasteiger partial charge in [0.05, 0.1) is 12.0 Å². The molecule has 0 aromatic carbocycles. The maximum absolute atomic E-state index is 8.92. The Morgan fingerprint density at radius 2 is 2.38 bits per heavy atom. The number of nitrogen functional groups attached to an aromatic ring is 1. The lowest BCUT2D eigenvalue weighted by molar-refractivity contribution is 0.580. The normalized spacial score (nSPS) is 9.75. The molecule has 2 heterocycles. The molecule has 2 rings (SSSR count). The van der Waals surface area contributed by atoms with Crippen LogP contribution in [0, 0.1) is 11.3 Å². The summed E-state index contributed by atoms with van der Waals surface area (Å²) >= 11 is 0. The van der Waals surface area contributed by atoms with Gasteiger partial charge >= 0.3 is 0 Å². The van der Waals surface area contributed by atoms with Crippen molar-refractivity contribution in [1.82, 2.24) is 4.98 Å². The summed E-state index contributed by atoms with van der Waals surface area (Å²) in [5, 5.41) is 11.8. The first-order chi connectivity index (χ1) is 7.76. The summed E-state index contributed by atoms with van der Waals surface area (Å²) in [6.07, 6.45) is 1.56. The largest absolute Gasteiger partial charge is 0.463 e. The van der Waals surface area contributed by atoms with E-state index < -0.39 is 0 Å². The molecular weight excluding hydrogens is 204 g/mol. The fraction of sp³-hybridized carbons (Fsp3) is 0.0909. The minimum Gasteiger partial charge on any atom is -0.463 e. The number of rotatable bonds is 2. The average Bonchev–Trinajstić information content (AvgIpc) is 2.81. The van der Waals surface area contributed by atoms with Gasteiger partial charge in [-0.05, 0) is 18.2 Å². The highest BCUT2D eigenvalue weighted by atomic mass is 16.3. The third-order valence-corrected chi connectivity index (χ3v) is 2.20. The fourth-order valence-corrected chi connectivity index (χ4v) is 1.43. The second-order valence-electron chi connectivity index (χ2n) is 3.15. The second-order valence-corrected chi connectivity index (χ2v) is 3.15. The molecule has 0 aliphatic heterocycles. The maximum atomic E-state index is 8.92. The molecule has 3 N–H and O–H groups in total. The quantitative estimate of drug-likeness (QED) is 0.796. The van der Waals surface area contributed by atoms with Crippen LogP contribution < -0.4 is 11.1 Å². The zero-order chi connectivity index (χ0) is 11.5. The summed E-state index contributed by atoms with van der Waals surface area (Å²) in [5.41, 5.74) is 7.29. The summed E-state index contributed by atoms with van der Waals surface area (Å²) in [6, 6.07) is 7.29. The van der Waals surface area contributed by atoms with Crippen molar-refractivity contribution in [3.05, 3.63) is 30.0 Å². The Labute approximate surface area is 92.5 Å². The molecule has 0 atom stereocenters. The first kappa shape index (κ1) is 10.1. The zero-order valence-electron chi connectivity index (χ0n) is 8.69. The summed E-state index contributed by atoms with van der Waals surface area (Å²) in [6.45, 7) is 0. The molecule has 0 saturated carbocycles. The van der Waals surface area contributed by atoms with E-state index in [0.29, 0.717) is 22.7 Å². The number of furan rings is 1. The summed E-state index contributed by atoms with van der Waals surface area (Å²) in [5.74, 6) is 0.813. The van der Waals surface area contributed by atoms with Crippen LogP contribution in [0.15, 0.2) is 28.9 Å². The summed E-state index contributed by atoms with van der Waals surface area (Å²) in [7, 11) is 1.72. The number of nitrogens with one attached hydrogen (secondary N) is 1. The van der Waals surface area contributed by atoms with Crippen molar-refractivity contribution >= 4 is 11.5 Å². The third kappa shape index (κ3) is 1.57. The Morgan fingerprint density at radius 1 is 1.56 bits per heavy atom. The first-order valence-corrected chi connectivity index (χ1v) is 4.68. The van der Waals surface area contributed by atoms with Crippen LogP contribution in [0.2, 0.25) is 0 Å². The van der Waals surface area contributed by atoms with Crippen molar-refractivity contribution in [2.24, 2.45) is 0 Å². The van der Waals surface area contributed by atoms with Crippen LogP contribution in [-0.4, -0.2) is 12.0 Å². The van der Waals surface area contributed by atoms with Crippen LogP contribution in [0.25, 0.3) is 11.5 Å². The van der Waals surface area contributed by atoms with Crippen LogP contribution in [0.4, 0.5) is 11.5 Å². The van der Waals surface area contributed by atoms with Gasteiger partial charge in [0.2, 0.25) is 0 Å². The third-order valence-electron chi connectivity index (χ3n) is 2.20. The molecule has 5 heteroatoms. The zero-order valence-corrected chi connectivity index (χ0v) is 8.69. The smallest absolute Gasteiger partial charge is 0.152 e. The standard InChI is InChI=1S/C11H10N4O/c1-14-8-5-9(10-3-2-4-16-10)15-11(13)7(8)6-12/h2-5H,1H3,(H3,13,14,15). The topological polar surface area (TPSA) is 87.9 Å². The lowest BCUT2D eigenvalue weighted by atomic mass is 10.2. The Balaban J connectivity index is 2.60. The molecule has 0 aliphatic rings. The van der Waals surface area contributed by atoms with E-state index in [9.17, 15) is 0 Å². The van der Waals surface area contributed by atoms with Gasteiger partial charge < -0.3 is 15.5 Å². The molecule has 5 nitrogen and oxygen atoms in total. The number of hydrogen-bond donors (Lipinski definition) is 2. The lowest BCUT2D eigenvalue weighted by Gasteiger charge is -2.07. The van der Waals surface area contributed by atoms with E-state index in [4.69, 9.17) is 15.4 Å². The monoisotopic (exact) mass is 214 g/mol. The van der Waals surface area contributed by atoms with Crippen LogP contribution in [-0.2, 0) is 0 Å². The number of aromatic nitrogens is 1. The first-order valence-electron chi connectivity index (χ1n) is 4.68. The molecular formula is C11H10N4O. The van der Waals surface area contributed by atoms with Gasteiger partial charge in [0.15, 0.2) is 5.76 Å². The molecule has 2 aromatic heterocycles. The highest BCUT2D eigenvalue weighted by Crippen LogP contribution is 2.26. The van der Waals surface area contributed by atoms with E-state index in [0.717, 1.165) is 0 Å². The molecule has 0 saturated heterocycles. The number of hydrogen-bond acceptors (Lipinski definition) is 5. The molecule has 2 aromatic rings. The molecule has 0 spiro atoms. The molecule has 16 heavy (non-hydrogen) atoms. The van der Waals surface area contributed by atoms with Crippen LogP contribution in [0.5, 0.6) is 0 Å². The molecule has 0 amide bonds. The second kappa shape index (κ2) is 3.95. The SMILES string of the molecule is CNc1cc(-c2ccco2)nc(N)c1C#N. The maximum Gasteiger partial charge on any atom is 0.152 e. The van der Waals surface area contributed by atoms with Crippen LogP contribution in [0.3, 0.4) is 0 Å². The van der Waals surface area contributed by atoms with Gasteiger partial charge in [-0.1, -0.05) is 0 Å². The molecule has 0 unspecified atom stereocenters. The van der Waals surface area contributed by atoms with E-state index in [1.54, 1.807) is 31.5 Å². The van der Waals surface area contributed by atoms with E-state index in [-0.39, 0.29) is 5.82 Å². The van der Waals surface area contributed by atoms with Crippen molar-refractivity contribution in [1.29, 1.82) is 5.26 Å². The molecule has 0 bridgehead atoms. The Bertz CT molecular complexity index is 540. The highest BCUT2D eigenvalue weighted by molar-refractivity contribution is 5.72. The van der Waals surface area contributed by atoms with E-state index in [1.807, 2.05) is 6.07 Å². The number of anilines is 2. The lowest BCUT2D eigenvalue weighted by Crippen LogP contribution is -2.01.